The molecule has 2 aliphatic rings. The van der Waals surface area contributed by atoms with Crippen molar-refractivity contribution in [1.82, 2.24) is 9.80 Å². The van der Waals surface area contributed by atoms with Gasteiger partial charge in [0.2, 0.25) is 5.91 Å². The highest BCUT2D eigenvalue weighted by molar-refractivity contribution is 6.00. The molecule has 0 bridgehead atoms. The lowest BCUT2D eigenvalue weighted by Crippen LogP contribution is -2.50. The second-order valence-electron chi connectivity index (χ2n) is 8.45. The van der Waals surface area contributed by atoms with Gasteiger partial charge in [-0.15, -0.1) is 0 Å². The monoisotopic (exact) mass is 514 g/mol. The number of nitrogens with zero attached hydrogens (tertiary/aromatic N) is 2. The number of halogens is 3. The Morgan fingerprint density at radius 2 is 1.67 bits per heavy atom. The number of carbonyl (C=O) groups excluding carboxylic acids is 4. The van der Waals surface area contributed by atoms with Crippen LogP contribution < -0.4 is 5.73 Å². The number of aliphatic hydroxyl groups excluding tert-OH is 1. The van der Waals surface area contributed by atoms with Gasteiger partial charge in [0.15, 0.2) is 0 Å². The molecule has 2 fully saturated rings. The Bertz CT molecular complexity index is 1020. The highest BCUT2D eigenvalue weighted by atomic mass is 19.4. The van der Waals surface area contributed by atoms with Gasteiger partial charge >= 0.3 is 18.1 Å². The number of amides is 2. The normalized spacial score (nSPS) is 20.8. The SMILES string of the molecule is N=C(N)c1ccc(C(=O)N2C[C@H](O)C[C@@H]2C(=O)N2CCC(OCC(=O)OC(=O)C(F)(F)F)CC2)cc1. The van der Waals surface area contributed by atoms with Gasteiger partial charge in [0, 0.05) is 37.2 Å². The maximum Gasteiger partial charge on any atom is 0.491 e. The standard InChI is InChI=1S/C22H25F3N4O7/c23-22(24,25)21(34)36-17(31)11-35-15-5-7-28(8-6-15)20(33)16-9-14(30)10-29(16)19(32)13-3-1-12(2-4-13)18(26)27/h1-4,14-16,30H,5-11H2,(H3,26,27)/t14-,16-/m1/s1. The van der Waals surface area contributed by atoms with Crippen LogP contribution in [0.15, 0.2) is 24.3 Å². The van der Waals surface area contributed by atoms with Gasteiger partial charge in [-0.3, -0.25) is 15.0 Å². The summed E-state index contributed by atoms with van der Waals surface area (Å²) in [5, 5.41) is 17.6. The van der Waals surface area contributed by atoms with Crippen LogP contribution in [-0.2, 0) is 23.9 Å². The number of ether oxygens (including phenoxy) is 2. The number of esters is 2. The minimum Gasteiger partial charge on any atom is -0.391 e. The molecule has 11 nitrogen and oxygen atoms in total. The lowest BCUT2D eigenvalue weighted by Gasteiger charge is -2.35. The predicted octanol–water partition coefficient (Wildman–Crippen LogP) is 0.186. The summed E-state index contributed by atoms with van der Waals surface area (Å²) in [7, 11) is 0. The fraction of sp³-hybridized carbons (Fsp3) is 0.500. The first-order chi connectivity index (χ1) is 16.9. The number of carbonyl (C=O) groups is 4. The van der Waals surface area contributed by atoms with E-state index in [-0.39, 0.29) is 56.2 Å². The second kappa shape index (κ2) is 11.0. The predicted molar refractivity (Wildman–Crippen MR) is 116 cm³/mol. The molecule has 0 unspecified atom stereocenters. The molecule has 0 spiro atoms. The average Bonchev–Trinajstić information content (AvgIpc) is 3.23. The molecule has 0 aromatic heterocycles. The molecule has 1 aromatic rings. The van der Waals surface area contributed by atoms with Crippen LogP contribution in [0, 0.1) is 5.41 Å². The first kappa shape index (κ1) is 27.1. The highest BCUT2D eigenvalue weighted by Gasteiger charge is 2.43. The molecular weight excluding hydrogens is 489 g/mol. The Balaban J connectivity index is 1.53. The van der Waals surface area contributed by atoms with E-state index in [1.807, 2.05) is 0 Å². The Morgan fingerprint density at radius 1 is 1.08 bits per heavy atom. The van der Waals surface area contributed by atoms with Crippen molar-refractivity contribution in [3.8, 4) is 0 Å². The summed E-state index contributed by atoms with van der Waals surface area (Å²) in [4.78, 5) is 51.0. The Morgan fingerprint density at radius 3 is 2.22 bits per heavy atom. The van der Waals surface area contributed by atoms with Crippen molar-refractivity contribution in [1.29, 1.82) is 5.41 Å². The number of nitrogens with two attached hydrogens (primary N) is 1. The average molecular weight is 514 g/mol. The topological polar surface area (TPSA) is 163 Å². The number of nitrogen functional groups attached to an aromatic ring is 1. The molecule has 4 N–H and O–H groups in total. The van der Waals surface area contributed by atoms with Crippen LogP contribution in [0.2, 0.25) is 0 Å². The van der Waals surface area contributed by atoms with E-state index in [1.54, 1.807) is 0 Å². The molecule has 2 saturated heterocycles. The third kappa shape index (κ3) is 6.57. The van der Waals surface area contributed by atoms with Gasteiger partial charge in [0.1, 0.15) is 18.5 Å². The lowest BCUT2D eigenvalue weighted by molar-refractivity contribution is -0.203. The summed E-state index contributed by atoms with van der Waals surface area (Å²) in [5.74, 6) is -5.07. The van der Waals surface area contributed by atoms with Crippen molar-refractivity contribution in [3.63, 3.8) is 0 Å². The molecule has 0 aliphatic carbocycles. The quantitative estimate of drug-likeness (QED) is 0.210. The number of alkyl halides is 3. The van der Waals surface area contributed by atoms with E-state index in [0.717, 1.165) is 0 Å². The summed E-state index contributed by atoms with van der Waals surface area (Å²) >= 11 is 0. The number of likely N-dealkylation sites (tertiary alicyclic amines) is 2. The zero-order chi connectivity index (χ0) is 26.6. The van der Waals surface area contributed by atoms with Crippen molar-refractivity contribution in [2.75, 3.05) is 26.2 Å². The summed E-state index contributed by atoms with van der Waals surface area (Å²) in [6, 6.07) is 5.11. The number of amidine groups is 1. The van der Waals surface area contributed by atoms with E-state index in [4.69, 9.17) is 15.9 Å². The number of aliphatic hydroxyl groups is 1. The van der Waals surface area contributed by atoms with E-state index in [9.17, 15) is 37.5 Å². The summed E-state index contributed by atoms with van der Waals surface area (Å²) < 4.78 is 45.3. The van der Waals surface area contributed by atoms with E-state index < -0.39 is 48.9 Å². The third-order valence-corrected chi connectivity index (χ3v) is 5.90. The number of piperidine rings is 1. The molecular formula is C22H25F3N4O7. The van der Waals surface area contributed by atoms with E-state index in [0.29, 0.717) is 5.56 Å². The lowest BCUT2D eigenvalue weighted by atomic mass is 10.0. The molecule has 0 saturated carbocycles. The second-order valence-corrected chi connectivity index (χ2v) is 8.45. The van der Waals surface area contributed by atoms with Gasteiger partial charge in [-0.1, -0.05) is 12.1 Å². The number of rotatable bonds is 6. The fourth-order valence-corrected chi connectivity index (χ4v) is 4.06. The first-order valence-corrected chi connectivity index (χ1v) is 11.0. The van der Waals surface area contributed by atoms with Crippen molar-refractivity contribution >= 4 is 29.6 Å². The van der Waals surface area contributed by atoms with Gasteiger partial charge in [0.25, 0.3) is 5.91 Å². The van der Waals surface area contributed by atoms with Crippen LogP contribution in [0.4, 0.5) is 13.2 Å². The van der Waals surface area contributed by atoms with Gasteiger partial charge in [-0.2, -0.15) is 13.2 Å². The molecule has 2 aliphatic heterocycles. The van der Waals surface area contributed by atoms with Crippen molar-refractivity contribution in [2.45, 2.75) is 43.7 Å². The zero-order valence-electron chi connectivity index (χ0n) is 19.0. The fourth-order valence-electron chi connectivity index (χ4n) is 4.06. The molecule has 1 aromatic carbocycles. The molecule has 36 heavy (non-hydrogen) atoms. The zero-order valence-corrected chi connectivity index (χ0v) is 19.0. The third-order valence-electron chi connectivity index (χ3n) is 5.90. The van der Waals surface area contributed by atoms with Crippen molar-refractivity contribution < 1.29 is 46.9 Å². The van der Waals surface area contributed by atoms with Gasteiger partial charge < -0.3 is 30.1 Å². The van der Waals surface area contributed by atoms with Gasteiger partial charge in [-0.05, 0) is 25.0 Å². The number of benzene rings is 1. The summed E-state index contributed by atoms with van der Waals surface area (Å²) in [5.41, 5.74) is 6.13. The maximum atomic E-state index is 13.1. The minimum absolute atomic E-state index is 0.0258. The molecule has 2 amide bonds. The molecule has 3 rings (SSSR count). The Labute approximate surface area is 203 Å². The largest absolute Gasteiger partial charge is 0.491 e. The van der Waals surface area contributed by atoms with Crippen LogP contribution >= 0.6 is 0 Å². The number of hydrogen-bond acceptors (Lipinski definition) is 8. The van der Waals surface area contributed by atoms with Gasteiger partial charge in [0.05, 0.1) is 12.2 Å². The van der Waals surface area contributed by atoms with E-state index in [2.05, 4.69) is 4.74 Å². The summed E-state index contributed by atoms with van der Waals surface area (Å²) in [6.07, 6.45) is -6.13. The van der Waals surface area contributed by atoms with Crippen molar-refractivity contribution in [2.24, 2.45) is 5.73 Å². The Hall–Kier alpha value is -3.52. The first-order valence-electron chi connectivity index (χ1n) is 11.0. The highest BCUT2D eigenvalue weighted by Crippen LogP contribution is 2.25. The molecule has 14 heteroatoms. The number of nitrogens with one attached hydrogen (secondary N) is 1. The smallest absolute Gasteiger partial charge is 0.391 e. The molecule has 196 valence electrons. The Kier molecular flexibility index (Phi) is 8.30. The van der Waals surface area contributed by atoms with Crippen LogP contribution in [0.25, 0.3) is 0 Å². The molecule has 2 atom stereocenters. The van der Waals surface area contributed by atoms with Crippen LogP contribution in [0.5, 0.6) is 0 Å². The van der Waals surface area contributed by atoms with Crippen molar-refractivity contribution in [3.05, 3.63) is 35.4 Å². The molecule has 2 heterocycles. The van der Waals surface area contributed by atoms with Crippen LogP contribution in [0.1, 0.15) is 35.2 Å². The van der Waals surface area contributed by atoms with Crippen LogP contribution in [0.3, 0.4) is 0 Å². The van der Waals surface area contributed by atoms with Gasteiger partial charge in [-0.25, -0.2) is 9.59 Å². The number of β-amino-alcohol motifs (C(OH)–C–C–N with tert-alkyl or cyclic N) is 1. The van der Waals surface area contributed by atoms with E-state index >= 15 is 0 Å². The minimum atomic E-state index is -5.29. The maximum absolute atomic E-state index is 13.1. The van der Waals surface area contributed by atoms with Crippen LogP contribution in [-0.4, -0.2) is 95.2 Å². The summed E-state index contributed by atoms with van der Waals surface area (Å²) in [6.45, 7) is -0.480. The molecule has 0 radical (unpaired) electrons. The van der Waals surface area contributed by atoms with E-state index in [1.165, 1.54) is 34.1 Å². The number of hydrogen-bond donors (Lipinski definition) is 3.